The van der Waals surface area contributed by atoms with Crippen molar-refractivity contribution in [1.29, 1.82) is 0 Å². The first-order chi connectivity index (χ1) is 11.5. The third-order valence-corrected chi connectivity index (χ3v) is 4.58. The molecule has 24 heavy (non-hydrogen) atoms. The molecule has 2 aromatic rings. The van der Waals surface area contributed by atoms with Crippen molar-refractivity contribution in [2.24, 2.45) is 11.7 Å². The monoisotopic (exact) mass is 348 g/mol. The number of nitrogens with two attached hydrogens (primary N) is 1. The summed E-state index contributed by atoms with van der Waals surface area (Å²) in [5.74, 6) is -0.682. The van der Waals surface area contributed by atoms with E-state index in [1.807, 2.05) is 0 Å². The lowest BCUT2D eigenvalue weighted by Gasteiger charge is -2.30. The van der Waals surface area contributed by atoms with Crippen LogP contribution < -0.4 is 11.3 Å². The van der Waals surface area contributed by atoms with Crippen LogP contribution in [0, 0.1) is 5.92 Å². The third-order valence-electron chi connectivity index (χ3n) is 4.34. The topological polar surface area (TPSA) is 98.3 Å². The first-order valence-electron chi connectivity index (χ1n) is 7.67. The molecule has 0 atom stereocenters. The molecule has 7 nitrogen and oxygen atoms in total. The summed E-state index contributed by atoms with van der Waals surface area (Å²) >= 11 is 5.92. The van der Waals surface area contributed by atoms with Gasteiger partial charge in [-0.15, -0.1) is 0 Å². The van der Waals surface area contributed by atoms with Crippen molar-refractivity contribution in [3.05, 3.63) is 39.9 Å². The summed E-state index contributed by atoms with van der Waals surface area (Å²) in [6, 6.07) is 4.88. The van der Waals surface area contributed by atoms with Crippen LogP contribution in [0.4, 0.5) is 0 Å². The van der Waals surface area contributed by atoms with Gasteiger partial charge in [-0.3, -0.25) is 19.0 Å². The molecule has 0 bridgehead atoms. The van der Waals surface area contributed by atoms with Gasteiger partial charge in [0.05, 0.1) is 17.2 Å². The van der Waals surface area contributed by atoms with Crippen LogP contribution in [0.2, 0.25) is 5.02 Å². The van der Waals surface area contributed by atoms with Crippen LogP contribution in [0.15, 0.2) is 29.3 Å². The SMILES string of the molecule is NC(=O)C1CCN(C(=O)Cn2cnc3ccc(Cl)cc3c2=O)CC1. The van der Waals surface area contributed by atoms with E-state index in [-0.39, 0.29) is 29.8 Å². The molecule has 8 heteroatoms. The Hall–Kier alpha value is -2.41. The third kappa shape index (κ3) is 3.26. The van der Waals surface area contributed by atoms with E-state index in [9.17, 15) is 14.4 Å². The zero-order valence-corrected chi connectivity index (χ0v) is 13.7. The van der Waals surface area contributed by atoms with E-state index in [4.69, 9.17) is 17.3 Å². The second-order valence-electron chi connectivity index (χ2n) is 5.90. The Bertz CT molecular complexity index is 856. The number of amides is 2. The molecule has 0 spiro atoms. The zero-order chi connectivity index (χ0) is 17.3. The van der Waals surface area contributed by atoms with E-state index in [2.05, 4.69) is 4.98 Å². The van der Waals surface area contributed by atoms with Gasteiger partial charge < -0.3 is 10.6 Å². The van der Waals surface area contributed by atoms with Crippen LogP contribution in [0.5, 0.6) is 0 Å². The summed E-state index contributed by atoms with van der Waals surface area (Å²) in [5, 5.41) is 0.823. The van der Waals surface area contributed by atoms with E-state index < -0.39 is 0 Å². The highest BCUT2D eigenvalue weighted by molar-refractivity contribution is 6.31. The van der Waals surface area contributed by atoms with Gasteiger partial charge in [-0.2, -0.15) is 0 Å². The molecule has 1 aromatic carbocycles. The molecule has 0 unspecified atom stereocenters. The minimum absolute atomic E-state index is 0.0878. The van der Waals surface area contributed by atoms with Gasteiger partial charge in [0.2, 0.25) is 11.8 Å². The van der Waals surface area contributed by atoms with Gasteiger partial charge in [0.1, 0.15) is 6.54 Å². The van der Waals surface area contributed by atoms with Crippen molar-refractivity contribution >= 4 is 34.3 Å². The van der Waals surface area contributed by atoms with Gasteiger partial charge in [0.25, 0.3) is 5.56 Å². The van der Waals surface area contributed by atoms with Gasteiger partial charge in [-0.05, 0) is 31.0 Å². The normalized spacial score (nSPS) is 15.6. The Labute approximate surface area is 143 Å². The van der Waals surface area contributed by atoms with Crippen molar-refractivity contribution < 1.29 is 9.59 Å². The molecule has 2 amide bonds. The Morgan fingerprint density at radius 3 is 2.67 bits per heavy atom. The van der Waals surface area contributed by atoms with Crippen LogP contribution in [-0.2, 0) is 16.1 Å². The lowest BCUT2D eigenvalue weighted by molar-refractivity contribution is -0.135. The standard InChI is InChI=1S/C16H17ClN4O3/c17-11-1-2-13-12(7-11)16(24)21(9-19-13)8-14(22)20-5-3-10(4-6-20)15(18)23/h1-2,7,9-10H,3-6,8H2,(H2,18,23). The molecule has 3 rings (SSSR count). The molecule has 2 N–H and O–H groups in total. The number of hydrogen-bond acceptors (Lipinski definition) is 4. The molecule has 0 radical (unpaired) electrons. The van der Waals surface area contributed by atoms with E-state index in [0.717, 1.165) is 0 Å². The number of carbonyl (C=O) groups is 2. The number of halogens is 1. The van der Waals surface area contributed by atoms with Gasteiger partial charge in [-0.1, -0.05) is 11.6 Å². The summed E-state index contributed by atoms with van der Waals surface area (Å²) in [7, 11) is 0. The van der Waals surface area contributed by atoms with Crippen LogP contribution >= 0.6 is 11.6 Å². The highest BCUT2D eigenvalue weighted by Crippen LogP contribution is 2.17. The van der Waals surface area contributed by atoms with Gasteiger partial charge >= 0.3 is 0 Å². The molecule has 1 saturated heterocycles. The molecule has 1 aromatic heterocycles. The summed E-state index contributed by atoms with van der Waals surface area (Å²) in [6.07, 6.45) is 2.48. The van der Waals surface area contributed by atoms with Crippen molar-refractivity contribution in [2.45, 2.75) is 19.4 Å². The molecule has 1 aliphatic heterocycles. The van der Waals surface area contributed by atoms with Crippen molar-refractivity contribution in [1.82, 2.24) is 14.5 Å². The van der Waals surface area contributed by atoms with E-state index in [1.54, 1.807) is 23.1 Å². The second kappa shape index (κ2) is 6.60. The largest absolute Gasteiger partial charge is 0.369 e. The maximum Gasteiger partial charge on any atom is 0.261 e. The number of piperidine rings is 1. The molecule has 0 aliphatic carbocycles. The van der Waals surface area contributed by atoms with Crippen LogP contribution in [0.1, 0.15) is 12.8 Å². The lowest BCUT2D eigenvalue weighted by atomic mass is 9.96. The first kappa shape index (κ1) is 16.4. The van der Waals surface area contributed by atoms with E-state index in [0.29, 0.717) is 41.9 Å². The van der Waals surface area contributed by atoms with Gasteiger partial charge in [0, 0.05) is 24.0 Å². The number of aromatic nitrogens is 2. The van der Waals surface area contributed by atoms with Crippen molar-refractivity contribution in [2.75, 3.05) is 13.1 Å². The van der Waals surface area contributed by atoms with Gasteiger partial charge in [0.15, 0.2) is 0 Å². The number of carbonyl (C=O) groups excluding carboxylic acids is 2. The second-order valence-corrected chi connectivity index (χ2v) is 6.33. The summed E-state index contributed by atoms with van der Waals surface area (Å²) in [5.41, 5.74) is 5.52. The molecular weight excluding hydrogens is 332 g/mol. The number of rotatable bonds is 3. The lowest BCUT2D eigenvalue weighted by Crippen LogP contribution is -2.43. The highest BCUT2D eigenvalue weighted by Gasteiger charge is 2.26. The first-order valence-corrected chi connectivity index (χ1v) is 8.05. The van der Waals surface area contributed by atoms with Crippen molar-refractivity contribution in [3.8, 4) is 0 Å². The maximum atomic E-state index is 12.5. The van der Waals surface area contributed by atoms with Crippen LogP contribution in [-0.4, -0.2) is 39.4 Å². The number of primary amides is 1. The summed E-state index contributed by atoms with van der Waals surface area (Å²) < 4.78 is 1.28. The van der Waals surface area contributed by atoms with Crippen LogP contribution in [0.25, 0.3) is 10.9 Å². The summed E-state index contributed by atoms with van der Waals surface area (Å²) in [4.78, 5) is 41.9. The molecule has 126 valence electrons. The molecular formula is C16H17ClN4O3. The molecule has 1 aliphatic rings. The predicted octanol–water partition coefficient (Wildman–Crippen LogP) is 0.774. The maximum absolute atomic E-state index is 12.5. The minimum atomic E-state index is -0.325. The molecule has 1 fully saturated rings. The fraction of sp³-hybridized carbons (Fsp3) is 0.375. The molecule has 0 saturated carbocycles. The zero-order valence-electron chi connectivity index (χ0n) is 12.9. The van der Waals surface area contributed by atoms with E-state index >= 15 is 0 Å². The summed E-state index contributed by atoms with van der Waals surface area (Å²) in [6.45, 7) is 0.845. The Morgan fingerprint density at radius 1 is 1.29 bits per heavy atom. The van der Waals surface area contributed by atoms with Crippen molar-refractivity contribution in [3.63, 3.8) is 0 Å². The number of likely N-dealkylation sites (tertiary alicyclic amines) is 1. The quantitative estimate of drug-likeness (QED) is 0.885. The smallest absolute Gasteiger partial charge is 0.261 e. The molecule has 2 heterocycles. The minimum Gasteiger partial charge on any atom is -0.369 e. The Morgan fingerprint density at radius 2 is 2.00 bits per heavy atom. The van der Waals surface area contributed by atoms with Crippen LogP contribution in [0.3, 0.4) is 0 Å². The average molecular weight is 349 g/mol. The number of nitrogens with zero attached hydrogens (tertiary/aromatic N) is 3. The highest BCUT2D eigenvalue weighted by atomic mass is 35.5. The fourth-order valence-electron chi connectivity index (χ4n) is 2.90. The number of fused-ring (bicyclic) bond motifs is 1. The Kier molecular flexibility index (Phi) is 4.53. The number of hydrogen-bond donors (Lipinski definition) is 1. The van der Waals surface area contributed by atoms with Gasteiger partial charge in [-0.25, -0.2) is 4.98 Å². The predicted molar refractivity (Wildman–Crippen MR) is 89.5 cm³/mol. The van der Waals surface area contributed by atoms with E-state index in [1.165, 1.54) is 10.9 Å². The fourth-order valence-corrected chi connectivity index (χ4v) is 3.08. The number of benzene rings is 1. The average Bonchev–Trinajstić information content (AvgIpc) is 2.58. The Balaban J connectivity index is 1.75.